The lowest BCUT2D eigenvalue weighted by Crippen LogP contribution is -2.50. The van der Waals surface area contributed by atoms with Gasteiger partial charge in [0.2, 0.25) is 11.8 Å². The Morgan fingerprint density at radius 3 is 2.49 bits per heavy atom. The molecule has 2 amide bonds. The summed E-state index contributed by atoms with van der Waals surface area (Å²) in [6, 6.07) is 0.256. The molecule has 2 N–H and O–H groups in total. The molecule has 1 spiro atoms. The third-order valence-corrected chi connectivity index (χ3v) is 8.64. The molecule has 0 radical (unpaired) electrons. The maximum Gasteiger partial charge on any atom is 0.303 e. The Morgan fingerprint density at radius 1 is 1.07 bits per heavy atom. The van der Waals surface area contributed by atoms with E-state index in [9.17, 15) is 14.4 Å². The summed E-state index contributed by atoms with van der Waals surface area (Å²) in [5.74, 6) is -0.248. The molecule has 3 aliphatic heterocycles. The van der Waals surface area contributed by atoms with E-state index in [1.807, 2.05) is 6.92 Å². The molecule has 4 aliphatic rings. The van der Waals surface area contributed by atoms with Crippen LogP contribution in [0.25, 0.3) is 0 Å². The van der Waals surface area contributed by atoms with E-state index in [2.05, 4.69) is 42.7 Å². The molecule has 4 rings (SSSR count). The number of carbonyl (C=O) groups excluding carboxylic acids is 3. The molecule has 1 aliphatic carbocycles. The number of nitrogens with one attached hydrogen (secondary N) is 2. The normalized spacial score (nSPS) is 34.8. The van der Waals surface area contributed by atoms with Crippen molar-refractivity contribution in [1.29, 1.82) is 0 Å². The van der Waals surface area contributed by atoms with Gasteiger partial charge in [0, 0.05) is 31.9 Å². The number of allylic oxidation sites excluding steroid dienone is 2. The van der Waals surface area contributed by atoms with Crippen LogP contribution in [0.1, 0.15) is 86.0 Å². The van der Waals surface area contributed by atoms with Crippen molar-refractivity contribution in [2.75, 3.05) is 6.61 Å². The number of ether oxygens (including phenoxy) is 4. The van der Waals surface area contributed by atoms with E-state index in [0.29, 0.717) is 12.5 Å². The summed E-state index contributed by atoms with van der Waals surface area (Å²) in [5, 5.41) is 6.15. The minimum atomic E-state index is -0.456. The summed E-state index contributed by atoms with van der Waals surface area (Å²) < 4.78 is 23.4. The summed E-state index contributed by atoms with van der Waals surface area (Å²) in [4.78, 5) is 35.9. The van der Waals surface area contributed by atoms with Gasteiger partial charge in [-0.1, -0.05) is 30.7 Å². The van der Waals surface area contributed by atoms with Crippen LogP contribution < -0.4 is 10.6 Å². The smallest absolute Gasteiger partial charge is 0.303 e. The van der Waals surface area contributed by atoms with Gasteiger partial charge >= 0.3 is 5.97 Å². The van der Waals surface area contributed by atoms with Crippen molar-refractivity contribution < 1.29 is 33.3 Å². The SMILES string of the molecule is CC(=O)O[C@@H](C)/C=C\C(=O)N[C@@H]1C[C@H](C)[C@H](C/C=C(C)/C=C/[C@@H]2C[C@]3(CO3)C[C@@H](CC(=O)NC3CCC3)O2)O[C@@H]1C. The van der Waals surface area contributed by atoms with Crippen LogP contribution in [0.15, 0.2) is 36.0 Å². The van der Waals surface area contributed by atoms with Crippen LogP contribution in [0.2, 0.25) is 0 Å². The zero-order chi connectivity index (χ0) is 29.6. The van der Waals surface area contributed by atoms with Crippen molar-refractivity contribution in [3.05, 3.63) is 36.0 Å². The van der Waals surface area contributed by atoms with Crippen LogP contribution in [0.5, 0.6) is 0 Å². The van der Waals surface area contributed by atoms with Crippen LogP contribution in [0.4, 0.5) is 0 Å². The number of carbonyl (C=O) groups is 3. The first-order chi connectivity index (χ1) is 19.5. The van der Waals surface area contributed by atoms with Gasteiger partial charge in [-0.15, -0.1) is 0 Å². The number of hydrogen-bond donors (Lipinski definition) is 2. The Morgan fingerprint density at radius 2 is 1.83 bits per heavy atom. The molecule has 1 saturated carbocycles. The summed E-state index contributed by atoms with van der Waals surface area (Å²) in [7, 11) is 0. The van der Waals surface area contributed by atoms with Crippen LogP contribution in [-0.2, 0) is 33.3 Å². The molecule has 0 aromatic heterocycles. The first-order valence-electron chi connectivity index (χ1n) is 15.3. The van der Waals surface area contributed by atoms with Crippen LogP contribution in [-0.4, -0.2) is 72.6 Å². The zero-order valence-corrected chi connectivity index (χ0v) is 25.2. The van der Waals surface area contributed by atoms with Crippen LogP contribution in [0.3, 0.4) is 0 Å². The molecular weight excluding hydrogens is 524 g/mol. The van der Waals surface area contributed by atoms with Crippen molar-refractivity contribution in [2.24, 2.45) is 5.92 Å². The topological polar surface area (TPSA) is 115 Å². The largest absolute Gasteiger partial charge is 0.459 e. The second kappa shape index (κ2) is 14.1. The second-order valence-electron chi connectivity index (χ2n) is 12.5. The van der Waals surface area contributed by atoms with Gasteiger partial charge < -0.3 is 29.6 Å². The fraction of sp³-hybridized carbons (Fsp3) is 0.719. The summed E-state index contributed by atoms with van der Waals surface area (Å²) in [6.07, 6.45) is 15.6. The van der Waals surface area contributed by atoms with Crippen LogP contribution in [0, 0.1) is 5.92 Å². The van der Waals surface area contributed by atoms with Crippen LogP contribution >= 0.6 is 0 Å². The Balaban J connectivity index is 1.22. The average Bonchev–Trinajstić information content (AvgIpc) is 3.61. The van der Waals surface area contributed by atoms with Crippen molar-refractivity contribution >= 4 is 17.8 Å². The third kappa shape index (κ3) is 9.79. The van der Waals surface area contributed by atoms with Gasteiger partial charge in [-0.2, -0.15) is 0 Å². The monoisotopic (exact) mass is 572 g/mol. The molecule has 3 saturated heterocycles. The first-order valence-corrected chi connectivity index (χ1v) is 15.3. The molecule has 4 fully saturated rings. The van der Waals surface area contributed by atoms with Gasteiger partial charge in [0.15, 0.2) is 0 Å². The van der Waals surface area contributed by atoms with Gasteiger partial charge in [0.1, 0.15) is 6.10 Å². The molecule has 228 valence electrons. The highest BCUT2D eigenvalue weighted by Crippen LogP contribution is 2.43. The summed E-state index contributed by atoms with van der Waals surface area (Å²) in [6.45, 7) is 10.0. The number of rotatable bonds is 11. The number of hydrogen-bond acceptors (Lipinski definition) is 7. The molecule has 8 atom stereocenters. The van der Waals surface area contributed by atoms with Crippen molar-refractivity contribution in [3.8, 4) is 0 Å². The van der Waals surface area contributed by atoms with Crippen molar-refractivity contribution in [3.63, 3.8) is 0 Å². The highest BCUT2D eigenvalue weighted by Gasteiger charge is 2.51. The molecule has 0 bridgehead atoms. The standard InChI is InChI=1S/C32H48N2O7/c1-20(9-12-26-17-32(19-38-32)18-27(41-26)16-31(37)33-25-7-6-8-25)10-13-29-21(2)15-28(23(4)40-29)34-30(36)14-11-22(3)39-24(5)35/h9-12,14,21-23,25-29H,6-8,13,15-19H2,1-5H3,(H,33,37)(H,34,36)/b12-9+,14-11-,20-10+/t21-,22-,23+,26+,27+,28+,29-,32+/m0/s1. The number of epoxide rings is 1. The minimum absolute atomic E-state index is 0.0636. The molecule has 3 heterocycles. The van der Waals surface area contributed by atoms with E-state index < -0.39 is 6.10 Å². The lowest BCUT2D eigenvalue weighted by molar-refractivity contribution is -0.143. The fourth-order valence-corrected chi connectivity index (χ4v) is 5.92. The zero-order valence-electron chi connectivity index (χ0n) is 25.2. The maximum absolute atomic E-state index is 12.5. The lowest BCUT2D eigenvalue weighted by Gasteiger charge is -2.39. The third-order valence-electron chi connectivity index (χ3n) is 8.64. The maximum atomic E-state index is 12.5. The Hall–Kier alpha value is -2.49. The molecule has 0 aromatic carbocycles. The van der Waals surface area contributed by atoms with E-state index in [1.54, 1.807) is 13.0 Å². The quantitative estimate of drug-likeness (QED) is 0.166. The Bertz CT molecular complexity index is 1030. The Labute approximate surface area is 244 Å². The highest BCUT2D eigenvalue weighted by molar-refractivity contribution is 5.87. The highest BCUT2D eigenvalue weighted by atomic mass is 16.6. The van der Waals surface area contributed by atoms with Gasteiger partial charge in [0.05, 0.1) is 49.1 Å². The van der Waals surface area contributed by atoms with E-state index >= 15 is 0 Å². The van der Waals surface area contributed by atoms with Crippen molar-refractivity contribution in [2.45, 2.75) is 134 Å². The number of esters is 1. The van der Waals surface area contributed by atoms with E-state index in [1.165, 1.54) is 19.4 Å². The predicted octanol–water partition coefficient (Wildman–Crippen LogP) is 4.06. The number of amides is 2. The van der Waals surface area contributed by atoms with Gasteiger partial charge in [-0.05, 0) is 64.9 Å². The summed E-state index contributed by atoms with van der Waals surface area (Å²) in [5.41, 5.74) is 1.01. The average molecular weight is 573 g/mol. The minimum Gasteiger partial charge on any atom is -0.459 e. The Kier molecular flexibility index (Phi) is 10.8. The second-order valence-corrected chi connectivity index (χ2v) is 12.5. The first kappa shape index (κ1) is 31.4. The predicted molar refractivity (Wildman–Crippen MR) is 155 cm³/mol. The molecular formula is C32H48N2O7. The van der Waals surface area contributed by atoms with E-state index in [0.717, 1.165) is 50.7 Å². The molecule has 9 nitrogen and oxygen atoms in total. The van der Waals surface area contributed by atoms with E-state index in [4.69, 9.17) is 18.9 Å². The lowest BCUT2D eigenvalue weighted by atomic mass is 9.88. The van der Waals surface area contributed by atoms with Gasteiger partial charge in [0.25, 0.3) is 0 Å². The van der Waals surface area contributed by atoms with Gasteiger partial charge in [-0.3, -0.25) is 14.4 Å². The summed E-state index contributed by atoms with van der Waals surface area (Å²) >= 11 is 0. The molecule has 0 aromatic rings. The molecule has 9 heteroatoms. The molecule has 41 heavy (non-hydrogen) atoms. The van der Waals surface area contributed by atoms with Crippen molar-refractivity contribution in [1.82, 2.24) is 10.6 Å². The molecule has 0 unspecified atom stereocenters. The van der Waals surface area contributed by atoms with Gasteiger partial charge in [-0.25, -0.2) is 0 Å². The fourth-order valence-electron chi connectivity index (χ4n) is 5.92. The van der Waals surface area contributed by atoms with E-state index in [-0.39, 0.29) is 59.8 Å².